The van der Waals surface area contributed by atoms with E-state index in [1.54, 1.807) is 11.3 Å². The van der Waals surface area contributed by atoms with Gasteiger partial charge in [-0.2, -0.15) is 4.57 Å². The lowest BCUT2D eigenvalue weighted by molar-refractivity contribution is -0.689. The van der Waals surface area contributed by atoms with Crippen molar-refractivity contribution in [3.05, 3.63) is 56.7 Å². The summed E-state index contributed by atoms with van der Waals surface area (Å²) < 4.78 is 2.08. The zero-order chi connectivity index (χ0) is 17.4. The third kappa shape index (κ3) is 3.01. The Balaban J connectivity index is 1.62. The van der Waals surface area contributed by atoms with Crippen LogP contribution in [0, 0.1) is 0 Å². The van der Waals surface area contributed by atoms with Crippen molar-refractivity contribution in [2.45, 2.75) is 58.4 Å². The summed E-state index contributed by atoms with van der Waals surface area (Å²) in [5.74, 6) is 1.36. The van der Waals surface area contributed by atoms with Gasteiger partial charge in [0, 0.05) is 17.0 Å². The third-order valence-electron chi connectivity index (χ3n) is 5.33. The molecule has 0 aliphatic heterocycles. The third-order valence-corrected chi connectivity index (χ3v) is 6.52. The Morgan fingerprint density at radius 1 is 1.24 bits per heavy atom. The van der Waals surface area contributed by atoms with Gasteiger partial charge in [0.2, 0.25) is 6.54 Å². The fourth-order valence-corrected chi connectivity index (χ4v) is 5.18. The lowest BCUT2D eigenvalue weighted by Gasteiger charge is -2.11. The highest BCUT2D eigenvalue weighted by Gasteiger charge is 2.21. The molecule has 130 valence electrons. The van der Waals surface area contributed by atoms with E-state index in [-0.39, 0.29) is 5.56 Å². The maximum Gasteiger partial charge on any atom is 0.260 e. The van der Waals surface area contributed by atoms with Gasteiger partial charge in [-0.05, 0) is 49.1 Å². The Morgan fingerprint density at radius 2 is 2.00 bits per heavy atom. The van der Waals surface area contributed by atoms with Gasteiger partial charge in [-0.1, -0.05) is 13.8 Å². The number of nitrogens with one attached hydrogen (secondary N) is 1. The van der Waals surface area contributed by atoms with Gasteiger partial charge in [-0.25, -0.2) is 4.98 Å². The average Bonchev–Trinajstić information content (AvgIpc) is 3.18. The fourth-order valence-electron chi connectivity index (χ4n) is 3.90. The largest absolute Gasteiger partial charge is 0.305 e. The monoisotopic (exact) mass is 354 g/mol. The number of thiophene rings is 1. The number of aromatic nitrogens is 3. The Labute approximate surface area is 151 Å². The molecular formula is C20H24N3OS+. The predicted molar refractivity (Wildman–Crippen MR) is 101 cm³/mol. The Kier molecular flexibility index (Phi) is 4.42. The number of aromatic amines is 1. The highest BCUT2D eigenvalue weighted by molar-refractivity contribution is 7.18. The molecule has 0 atom stereocenters. The van der Waals surface area contributed by atoms with Crippen LogP contribution >= 0.6 is 11.3 Å². The minimum atomic E-state index is 0.0219. The van der Waals surface area contributed by atoms with E-state index < -0.39 is 0 Å². The van der Waals surface area contributed by atoms with Gasteiger partial charge in [-0.15, -0.1) is 11.3 Å². The van der Waals surface area contributed by atoms with Crippen molar-refractivity contribution in [3.63, 3.8) is 0 Å². The maximum atomic E-state index is 12.5. The minimum Gasteiger partial charge on any atom is -0.305 e. The van der Waals surface area contributed by atoms with E-state index in [1.165, 1.54) is 16.0 Å². The van der Waals surface area contributed by atoms with Crippen LogP contribution in [0.1, 0.15) is 60.9 Å². The normalized spacial score (nSPS) is 13.7. The number of nitrogens with zero attached hydrogens (tertiary/aromatic N) is 2. The van der Waals surface area contributed by atoms with Crippen molar-refractivity contribution < 1.29 is 4.57 Å². The van der Waals surface area contributed by atoms with E-state index in [2.05, 4.69) is 47.9 Å². The zero-order valence-corrected chi connectivity index (χ0v) is 15.7. The minimum absolute atomic E-state index is 0.0219. The molecule has 0 unspecified atom stereocenters. The van der Waals surface area contributed by atoms with Gasteiger partial charge in [0.05, 0.1) is 5.39 Å². The molecule has 0 saturated carbocycles. The second-order valence-electron chi connectivity index (χ2n) is 6.87. The molecule has 1 N–H and O–H groups in total. The van der Waals surface area contributed by atoms with Crippen molar-refractivity contribution in [2.75, 3.05) is 0 Å². The quantitative estimate of drug-likeness (QED) is 0.710. The van der Waals surface area contributed by atoms with Crippen molar-refractivity contribution in [2.24, 2.45) is 0 Å². The van der Waals surface area contributed by atoms with Crippen LogP contribution in [0.5, 0.6) is 0 Å². The molecule has 25 heavy (non-hydrogen) atoms. The molecule has 0 bridgehead atoms. The standard InChI is InChI=1S/C20H23N3OS/c1-3-13(4-2)14-8-10-23(11-9-14)12-17-21-19(24)18-15-6-5-7-16(15)25-20(18)22-17/h8-11,13H,3-7,12H2,1-2H3/p+1. The molecule has 3 aromatic rings. The molecule has 4 rings (SSSR count). The van der Waals surface area contributed by atoms with Crippen LogP contribution in [0.2, 0.25) is 0 Å². The summed E-state index contributed by atoms with van der Waals surface area (Å²) in [6.45, 7) is 5.06. The summed E-state index contributed by atoms with van der Waals surface area (Å²) >= 11 is 1.70. The zero-order valence-electron chi connectivity index (χ0n) is 14.8. The van der Waals surface area contributed by atoms with E-state index in [9.17, 15) is 4.79 Å². The first-order valence-electron chi connectivity index (χ1n) is 9.22. The first-order chi connectivity index (χ1) is 12.2. The van der Waals surface area contributed by atoms with Crippen molar-refractivity contribution in [1.82, 2.24) is 9.97 Å². The van der Waals surface area contributed by atoms with Crippen molar-refractivity contribution in [3.8, 4) is 0 Å². The predicted octanol–water partition coefficient (Wildman–Crippen LogP) is 3.71. The van der Waals surface area contributed by atoms with E-state index >= 15 is 0 Å². The highest BCUT2D eigenvalue weighted by Crippen LogP contribution is 2.34. The molecule has 0 aromatic carbocycles. The summed E-state index contributed by atoms with van der Waals surface area (Å²) in [7, 11) is 0. The molecule has 3 heterocycles. The first kappa shape index (κ1) is 16.5. The summed E-state index contributed by atoms with van der Waals surface area (Å²) in [6, 6.07) is 4.38. The molecule has 4 nitrogen and oxygen atoms in total. The van der Waals surface area contributed by atoms with Crippen LogP contribution in [0.3, 0.4) is 0 Å². The second-order valence-corrected chi connectivity index (χ2v) is 7.95. The fraction of sp³-hybridized carbons (Fsp3) is 0.450. The summed E-state index contributed by atoms with van der Waals surface area (Å²) in [5.41, 5.74) is 2.64. The molecule has 1 aliphatic rings. The molecule has 0 amide bonds. The smallest absolute Gasteiger partial charge is 0.260 e. The number of H-pyrrole nitrogens is 1. The van der Waals surface area contributed by atoms with Crippen LogP contribution in [-0.2, 0) is 19.4 Å². The molecule has 0 fully saturated rings. The van der Waals surface area contributed by atoms with Crippen LogP contribution < -0.4 is 10.1 Å². The summed E-state index contributed by atoms with van der Waals surface area (Å²) in [4.78, 5) is 22.5. The number of aryl methyl sites for hydroxylation is 2. The van der Waals surface area contributed by atoms with Gasteiger partial charge in [0.15, 0.2) is 18.2 Å². The average molecular weight is 354 g/mol. The molecule has 0 spiro atoms. The van der Waals surface area contributed by atoms with Gasteiger partial charge in [0.25, 0.3) is 5.56 Å². The Hall–Kier alpha value is -2.01. The molecular weight excluding hydrogens is 330 g/mol. The lowest BCUT2D eigenvalue weighted by atomic mass is 9.95. The van der Waals surface area contributed by atoms with Gasteiger partial charge >= 0.3 is 0 Å². The number of rotatable bonds is 5. The molecule has 1 aliphatic carbocycles. The van der Waals surface area contributed by atoms with Crippen LogP contribution in [-0.4, -0.2) is 9.97 Å². The molecule has 5 heteroatoms. The summed E-state index contributed by atoms with van der Waals surface area (Å²) in [5, 5.41) is 0.829. The molecule has 0 saturated heterocycles. The number of fused-ring (bicyclic) bond motifs is 3. The van der Waals surface area contributed by atoms with E-state index in [4.69, 9.17) is 4.98 Å². The van der Waals surface area contributed by atoms with Crippen LogP contribution in [0.15, 0.2) is 29.3 Å². The number of hydrogen-bond donors (Lipinski definition) is 1. The first-order valence-corrected chi connectivity index (χ1v) is 10.0. The van der Waals surface area contributed by atoms with Crippen molar-refractivity contribution in [1.29, 1.82) is 0 Å². The van der Waals surface area contributed by atoms with Gasteiger partial charge < -0.3 is 4.98 Å². The Morgan fingerprint density at radius 3 is 2.72 bits per heavy atom. The van der Waals surface area contributed by atoms with E-state index in [1.807, 2.05) is 0 Å². The SMILES string of the molecule is CCC(CC)c1cc[n+](Cc2nc3sc4c(c3c(=O)[nH]2)CCC4)cc1. The number of hydrogen-bond acceptors (Lipinski definition) is 3. The van der Waals surface area contributed by atoms with Crippen LogP contribution in [0.4, 0.5) is 0 Å². The van der Waals surface area contributed by atoms with Gasteiger partial charge in [0.1, 0.15) is 4.83 Å². The molecule has 0 radical (unpaired) electrons. The summed E-state index contributed by atoms with van der Waals surface area (Å²) in [6.07, 6.45) is 9.78. The molecule has 3 aromatic heterocycles. The van der Waals surface area contributed by atoms with Gasteiger partial charge in [-0.3, -0.25) is 4.79 Å². The van der Waals surface area contributed by atoms with Crippen LogP contribution in [0.25, 0.3) is 10.2 Å². The Bertz CT molecular complexity index is 951. The number of pyridine rings is 1. The second kappa shape index (κ2) is 6.71. The van der Waals surface area contributed by atoms with Crippen molar-refractivity contribution >= 4 is 21.6 Å². The topological polar surface area (TPSA) is 49.6 Å². The van der Waals surface area contributed by atoms with E-state index in [0.717, 1.165) is 48.1 Å². The lowest BCUT2D eigenvalue weighted by Crippen LogP contribution is -2.35. The van der Waals surface area contributed by atoms with E-state index in [0.29, 0.717) is 12.5 Å². The highest BCUT2D eigenvalue weighted by atomic mass is 32.1. The maximum absolute atomic E-state index is 12.5.